The molecule has 7 nitrogen and oxygen atoms in total. The summed E-state index contributed by atoms with van der Waals surface area (Å²) in [5.41, 5.74) is 0.278. The van der Waals surface area contributed by atoms with Gasteiger partial charge in [-0.2, -0.15) is 0 Å². The molecule has 2 atom stereocenters. The van der Waals surface area contributed by atoms with Gasteiger partial charge in [0.15, 0.2) is 5.96 Å². The number of hydrogen-bond donors (Lipinski definition) is 3. The molecule has 1 saturated heterocycles. The molecule has 0 radical (unpaired) electrons. The Morgan fingerprint density at radius 2 is 1.97 bits per heavy atom. The van der Waals surface area contributed by atoms with E-state index in [9.17, 15) is 4.79 Å². The molecule has 1 aromatic rings. The van der Waals surface area contributed by atoms with Crippen LogP contribution in [0.3, 0.4) is 0 Å². The summed E-state index contributed by atoms with van der Waals surface area (Å²) in [6.45, 7) is 9.61. The highest BCUT2D eigenvalue weighted by Gasteiger charge is 2.29. The summed E-state index contributed by atoms with van der Waals surface area (Å²) in [6, 6.07) is 9.55. The highest BCUT2D eigenvalue weighted by molar-refractivity contribution is 14.0. The van der Waals surface area contributed by atoms with Crippen molar-refractivity contribution in [1.82, 2.24) is 16.0 Å². The molecule has 1 fully saturated rings. The third-order valence-corrected chi connectivity index (χ3v) is 4.52. The first kappa shape index (κ1) is 25.5. The van der Waals surface area contributed by atoms with E-state index in [0.717, 1.165) is 25.0 Å². The Kier molecular flexibility index (Phi) is 10.2. The average Bonchev–Trinajstić information content (AvgIpc) is 3.07. The molecule has 0 aromatic heterocycles. The Labute approximate surface area is 191 Å². The van der Waals surface area contributed by atoms with E-state index in [0.29, 0.717) is 19.0 Å². The van der Waals surface area contributed by atoms with Gasteiger partial charge in [0.05, 0.1) is 11.6 Å². The summed E-state index contributed by atoms with van der Waals surface area (Å²) in [4.78, 5) is 16.6. The minimum atomic E-state index is -0.549. The Morgan fingerprint density at radius 3 is 2.52 bits per heavy atom. The number of benzene rings is 1. The highest BCUT2D eigenvalue weighted by Crippen LogP contribution is 2.23. The van der Waals surface area contributed by atoms with Crippen LogP contribution in [-0.2, 0) is 9.47 Å². The Bertz CT molecular complexity index is 656. The van der Waals surface area contributed by atoms with Gasteiger partial charge >= 0.3 is 6.09 Å². The molecule has 0 spiro atoms. The Balaban J connectivity index is 0.00000420. The molecule has 1 aliphatic heterocycles. The number of rotatable bonds is 6. The number of halogens is 1. The smallest absolute Gasteiger partial charge is 0.408 e. The minimum absolute atomic E-state index is 0. The van der Waals surface area contributed by atoms with Crippen molar-refractivity contribution in [2.45, 2.75) is 57.8 Å². The molecule has 1 aromatic carbocycles. The van der Waals surface area contributed by atoms with E-state index < -0.39 is 11.7 Å². The van der Waals surface area contributed by atoms with Crippen molar-refractivity contribution in [3.63, 3.8) is 0 Å². The zero-order valence-electron chi connectivity index (χ0n) is 18.1. The van der Waals surface area contributed by atoms with E-state index in [4.69, 9.17) is 9.47 Å². The fourth-order valence-corrected chi connectivity index (χ4v) is 3.05. The summed E-state index contributed by atoms with van der Waals surface area (Å²) in [7, 11) is 1.73. The van der Waals surface area contributed by atoms with Gasteiger partial charge in [0.2, 0.25) is 0 Å². The third-order valence-electron chi connectivity index (χ3n) is 4.52. The summed E-state index contributed by atoms with van der Waals surface area (Å²) < 4.78 is 11.2. The first-order valence-electron chi connectivity index (χ1n) is 9.84. The van der Waals surface area contributed by atoms with E-state index in [1.807, 2.05) is 51.1 Å². The SMILES string of the molecule is CN=C(NCC(NC(=O)OC(C)(C)C)c1ccccc1)NCC1(C)CCCO1.I. The normalized spacial score (nSPS) is 20.4. The van der Waals surface area contributed by atoms with Gasteiger partial charge in [-0.25, -0.2) is 4.79 Å². The van der Waals surface area contributed by atoms with Gasteiger partial charge in [0.25, 0.3) is 0 Å². The fourth-order valence-electron chi connectivity index (χ4n) is 3.05. The van der Waals surface area contributed by atoms with Crippen molar-refractivity contribution in [2.75, 3.05) is 26.7 Å². The first-order valence-corrected chi connectivity index (χ1v) is 9.84. The lowest BCUT2D eigenvalue weighted by Crippen LogP contribution is -2.48. The van der Waals surface area contributed by atoms with Crippen LogP contribution in [0.2, 0.25) is 0 Å². The topological polar surface area (TPSA) is 84.0 Å². The van der Waals surface area contributed by atoms with E-state index >= 15 is 0 Å². The van der Waals surface area contributed by atoms with Gasteiger partial charge in [-0.05, 0) is 46.1 Å². The zero-order chi connectivity index (χ0) is 20.6. The number of carbonyl (C=O) groups is 1. The number of amides is 1. The predicted molar refractivity (Wildman–Crippen MR) is 127 cm³/mol. The molecule has 0 bridgehead atoms. The second-order valence-electron chi connectivity index (χ2n) is 8.32. The highest BCUT2D eigenvalue weighted by atomic mass is 127. The number of guanidine groups is 1. The molecule has 29 heavy (non-hydrogen) atoms. The van der Waals surface area contributed by atoms with Gasteiger partial charge in [-0.1, -0.05) is 30.3 Å². The lowest BCUT2D eigenvalue weighted by Gasteiger charge is -2.26. The first-order chi connectivity index (χ1) is 13.2. The molecule has 2 rings (SSSR count). The van der Waals surface area contributed by atoms with Crippen LogP contribution in [0.25, 0.3) is 0 Å². The summed E-state index contributed by atoms with van der Waals surface area (Å²) >= 11 is 0. The summed E-state index contributed by atoms with van der Waals surface area (Å²) in [5, 5.41) is 9.55. The van der Waals surface area contributed by atoms with Crippen LogP contribution in [-0.4, -0.2) is 50.0 Å². The van der Waals surface area contributed by atoms with Gasteiger partial charge in [-0.15, -0.1) is 24.0 Å². The zero-order valence-corrected chi connectivity index (χ0v) is 20.4. The second kappa shape index (κ2) is 11.6. The summed E-state index contributed by atoms with van der Waals surface area (Å²) in [5.74, 6) is 0.670. The molecular formula is C21H35IN4O3. The van der Waals surface area contributed by atoms with Crippen LogP contribution in [0.15, 0.2) is 35.3 Å². The number of nitrogens with one attached hydrogen (secondary N) is 3. The van der Waals surface area contributed by atoms with Crippen LogP contribution < -0.4 is 16.0 Å². The van der Waals surface area contributed by atoms with Gasteiger partial charge in [0.1, 0.15) is 5.60 Å². The Morgan fingerprint density at radius 1 is 1.28 bits per heavy atom. The van der Waals surface area contributed by atoms with E-state index in [1.54, 1.807) is 7.05 Å². The summed E-state index contributed by atoms with van der Waals surface area (Å²) in [6.07, 6.45) is 1.67. The van der Waals surface area contributed by atoms with Gasteiger partial charge < -0.3 is 25.4 Å². The number of ether oxygens (including phenoxy) is 2. The number of aliphatic imine (C=N–C) groups is 1. The minimum Gasteiger partial charge on any atom is -0.444 e. The molecule has 1 heterocycles. The average molecular weight is 518 g/mol. The third kappa shape index (κ3) is 9.20. The number of alkyl carbamates (subject to hydrolysis) is 1. The van der Waals surface area contributed by atoms with E-state index in [1.165, 1.54) is 0 Å². The van der Waals surface area contributed by atoms with Crippen LogP contribution in [0, 0.1) is 0 Å². The van der Waals surface area contributed by atoms with Crippen molar-refractivity contribution >= 4 is 36.0 Å². The lowest BCUT2D eigenvalue weighted by molar-refractivity contribution is 0.0243. The Hall–Kier alpha value is -1.55. The van der Waals surface area contributed by atoms with Crippen LogP contribution >= 0.6 is 24.0 Å². The molecule has 0 saturated carbocycles. The largest absolute Gasteiger partial charge is 0.444 e. The lowest BCUT2D eigenvalue weighted by atomic mass is 10.0. The second-order valence-corrected chi connectivity index (χ2v) is 8.32. The molecular weight excluding hydrogens is 483 g/mol. The number of carbonyl (C=O) groups excluding carboxylic acids is 1. The number of nitrogens with zero attached hydrogens (tertiary/aromatic N) is 1. The van der Waals surface area contributed by atoms with Gasteiger partial charge in [-0.3, -0.25) is 4.99 Å². The van der Waals surface area contributed by atoms with Crippen LogP contribution in [0.4, 0.5) is 4.79 Å². The molecule has 2 unspecified atom stereocenters. The monoisotopic (exact) mass is 518 g/mol. The van der Waals surface area contributed by atoms with Crippen LogP contribution in [0.5, 0.6) is 0 Å². The predicted octanol–water partition coefficient (Wildman–Crippen LogP) is 3.60. The van der Waals surface area contributed by atoms with Crippen molar-refractivity contribution in [1.29, 1.82) is 0 Å². The van der Waals surface area contributed by atoms with Crippen molar-refractivity contribution < 1.29 is 14.3 Å². The molecule has 8 heteroatoms. The van der Waals surface area contributed by atoms with Crippen LogP contribution in [0.1, 0.15) is 52.1 Å². The maximum absolute atomic E-state index is 12.3. The van der Waals surface area contributed by atoms with Crippen molar-refractivity contribution in [3.05, 3.63) is 35.9 Å². The number of hydrogen-bond acceptors (Lipinski definition) is 4. The quantitative estimate of drug-likeness (QED) is 0.305. The van der Waals surface area contributed by atoms with Crippen molar-refractivity contribution in [3.8, 4) is 0 Å². The molecule has 1 amide bonds. The molecule has 3 N–H and O–H groups in total. The molecule has 1 aliphatic rings. The maximum Gasteiger partial charge on any atom is 0.408 e. The molecule has 164 valence electrons. The van der Waals surface area contributed by atoms with Gasteiger partial charge in [0, 0.05) is 26.7 Å². The fraction of sp³-hybridized carbons (Fsp3) is 0.619. The van der Waals surface area contributed by atoms with E-state index in [2.05, 4.69) is 27.9 Å². The molecule has 0 aliphatic carbocycles. The van der Waals surface area contributed by atoms with Crippen molar-refractivity contribution in [2.24, 2.45) is 4.99 Å². The maximum atomic E-state index is 12.3. The standard InChI is InChI=1S/C21H34N4O3.HI/c1-20(2,3)28-19(26)25-17(16-10-7-6-8-11-16)14-23-18(22-5)24-15-21(4)12-9-13-27-21;/h6-8,10-11,17H,9,12-15H2,1-5H3,(H,25,26)(H2,22,23,24);1H. The van der Waals surface area contributed by atoms with E-state index in [-0.39, 0.29) is 35.6 Å².